The number of nitriles is 1. The number of fused-ring (bicyclic) bond motifs is 1. The molecule has 204 valence electrons. The Morgan fingerprint density at radius 1 is 1.08 bits per heavy atom. The van der Waals surface area contributed by atoms with Crippen molar-refractivity contribution < 1.29 is 19.1 Å². The van der Waals surface area contributed by atoms with E-state index in [2.05, 4.69) is 16.7 Å². The van der Waals surface area contributed by atoms with Gasteiger partial charge in [-0.3, -0.25) is 4.79 Å². The predicted molar refractivity (Wildman–Crippen MR) is 147 cm³/mol. The standard InChI is InChI=1S/C28H32N6O5/c1-4-31-8-10-32(11-9-31)22-13-21-19(26(35)20(27(36)39-5-2)16-33(21)18-6-7-18)12-23(22)34-15-17(14-29)24(30)25(34)28(37)38-3/h12-13,15-16,18H,4-11,30H2,1-3H3. The number of aromatic nitrogens is 2. The fourth-order valence-electron chi connectivity index (χ4n) is 5.24. The van der Waals surface area contributed by atoms with Crippen molar-refractivity contribution in [1.82, 2.24) is 14.0 Å². The Bertz CT molecular complexity index is 1550. The Morgan fingerprint density at radius 2 is 1.79 bits per heavy atom. The molecule has 2 aromatic heterocycles. The van der Waals surface area contributed by atoms with Crippen LogP contribution in [-0.2, 0) is 9.47 Å². The minimum Gasteiger partial charge on any atom is -0.464 e. The van der Waals surface area contributed by atoms with Gasteiger partial charge in [0.25, 0.3) is 0 Å². The fraction of sp³-hybridized carbons (Fsp3) is 0.429. The maximum Gasteiger partial charge on any atom is 0.357 e. The average Bonchev–Trinajstić information content (AvgIpc) is 3.74. The van der Waals surface area contributed by atoms with E-state index in [0.717, 1.165) is 51.3 Å². The number of nitrogens with zero attached hydrogens (tertiary/aromatic N) is 5. The van der Waals surface area contributed by atoms with E-state index in [1.54, 1.807) is 19.2 Å². The number of ether oxygens (including phenoxy) is 2. The number of hydrogen-bond donors (Lipinski definition) is 1. The third-order valence-corrected chi connectivity index (χ3v) is 7.53. The second kappa shape index (κ2) is 10.5. The minimum absolute atomic E-state index is 0.00173. The number of carbonyl (C=O) groups is 2. The zero-order chi connectivity index (χ0) is 27.8. The van der Waals surface area contributed by atoms with E-state index in [-0.39, 0.29) is 35.2 Å². The van der Waals surface area contributed by atoms with Crippen molar-refractivity contribution in [3.8, 4) is 11.8 Å². The number of benzene rings is 1. The van der Waals surface area contributed by atoms with Gasteiger partial charge in [-0.25, -0.2) is 9.59 Å². The first-order valence-electron chi connectivity index (χ1n) is 13.2. The highest BCUT2D eigenvalue weighted by molar-refractivity contribution is 5.99. The van der Waals surface area contributed by atoms with Gasteiger partial charge in [-0.15, -0.1) is 0 Å². The number of nitrogens with two attached hydrogens (primary N) is 1. The van der Waals surface area contributed by atoms with Gasteiger partial charge < -0.3 is 34.1 Å². The second-order valence-corrected chi connectivity index (χ2v) is 9.79. The molecule has 1 aliphatic carbocycles. The molecule has 39 heavy (non-hydrogen) atoms. The maximum atomic E-state index is 13.7. The van der Waals surface area contributed by atoms with Crippen molar-refractivity contribution in [2.45, 2.75) is 32.7 Å². The molecule has 3 heterocycles. The molecule has 2 N–H and O–H groups in total. The summed E-state index contributed by atoms with van der Waals surface area (Å²) < 4.78 is 13.7. The van der Waals surface area contributed by atoms with E-state index in [1.807, 2.05) is 16.7 Å². The highest BCUT2D eigenvalue weighted by Gasteiger charge is 2.30. The number of piperazine rings is 1. The number of likely N-dealkylation sites (N-methyl/N-ethyl adjacent to an activating group) is 1. The second-order valence-electron chi connectivity index (χ2n) is 9.79. The Kier molecular flexibility index (Phi) is 7.06. The monoisotopic (exact) mass is 532 g/mol. The van der Waals surface area contributed by atoms with Gasteiger partial charge in [0.05, 0.1) is 41.9 Å². The van der Waals surface area contributed by atoms with Gasteiger partial charge >= 0.3 is 11.9 Å². The summed E-state index contributed by atoms with van der Waals surface area (Å²) in [5.74, 6) is -1.38. The van der Waals surface area contributed by atoms with Crippen molar-refractivity contribution >= 4 is 34.2 Å². The van der Waals surface area contributed by atoms with Crippen LogP contribution in [0.1, 0.15) is 59.1 Å². The number of anilines is 2. The summed E-state index contributed by atoms with van der Waals surface area (Å²) in [4.78, 5) is 43.8. The molecule has 5 rings (SSSR count). The highest BCUT2D eigenvalue weighted by atomic mass is 16.5. The number of hydrogen-bond acceptors (Lipinski definition) is 9. The first-order chi connectivity index (χ1) is 18.8. The van der Waals surface area contributed by atoms with E-state index < -0.39 is 17.4 Å². The van der Waals surface area contributed by atoms with Crippen molar-refractivity contribution in [2.75, 3.05) is 57.1 Å². The van der Waals surface area contributed by atoms with Crippen molar-refractivity contribution in [2.24, 2.45) is 0 Å². The van der Waals surface area contributed by atoms with E-state index >= 15 is 0 Å². The lowest BCUT2D eigenvalue weighted by Gasteiger charge is -2.37. The van der Waals surface area contributed by atoms with Crippen LogP contribution in [0.15, 0.2) is 29.3 Å². The lowest BCUT2D eigenvalue weighted by Crippen LogP contribution is -2.46. The van der Waals surface area contributed by atoms with E-state index in [0.29, 0.717) is 16.6 Å². The Balaban J connectivity index is 1.82. The van der Waals surface area contributed by atoms with Gasteiger partial charge in [0.2, 0.25) is 5.43 Å². The number of nitrogen functional groups attached to an aromatic ring is 1. The minimum atomic E-state index is -0.702. The summed E-state index contributed by atoms with van der Waals surface area (Å²) in [5.41, 5.74) is 7.84. The molecular formula is C28H32N6O5. The third kappa shape index (κ3) is 4.61. The topological polar surface area (TPSA) is 136 Å². The molecule has 1 saturated carbocycles. The molecular weight excluding hydrogens is 500 g/mol. The third-order valence-electron chi connectivity index (χ3n) is 7.53. The molecule has 0 unspecified atom stereocenters. The molecule has 0 bridgehead atoms. The summed E-state index contributed by atoms with van der Waals surface area (Å²) in [6.45, 7) is 8.09. The number of carbonyl (C=O) groups excluding carboxylic acids is 2. The smallest absolute Gasteiger partial charge is 0.357 e. The zero-order valence-corrected chi connectivity index (χ0v) is 22.4. The molecule has 11 nitrogen and oxygen atoms in total. The van der Waals surface area contributed by atoms with Crippen LogP contribution in [-0.4, -0.2) is 72.4 Å². The van der Waals surface area contributed by atoms with Crippen LogP contribution in [0.2, 0.25) is 0 Å². The molecule has 0 atom stereocenters. The highest BCUT2D eigenvalue weighted by Crippen LogP contribution is 2.40. The van der Waals surface area contributed by atoms with E-state index in [9.17, 15) is 19.6 Å². The molecule has 0 amide bonds. The molecule has 2 fully saturated rings. The van der Waals surface area contributed by atoms with Crippen LogP contribution in [0.5, 0.6) is 0 Å². The molecule has 1 aliphatic heterocycles. The SMILES string of the molecule is CCOC(=O)c1cn(C2CC2)c2cc(N3CCN(CC)CC3)c(-n3cc(C#N)c(N)c3C(=O)OC)cc2c1=O. The normalized spacial score (nSPS) is 15.8. The summed E-state index contributed by atoms with van der Waals surface area (Å²) in [6, 6.07) is 5.85. The molecule has 1 saturated heterocycles. The largest absolute Gasteiger partial charge is 0.464 e. The van der Waals surface area contributed by atoms with Crippen LogP contribution in [0, 0.1) is 11.3 Å². The number of rotatable bonds is 7. The van der Waals surface area contributed by atoms with Crippen molar-refractivity contribution in [1.29, 1.82) is 5.26 Å². The number of methoxy groups -OCH3 is 1. The Labute approximate surface area is 225 Å². The molecule has 0 radical (unpaired) electrons. The molecule has 2 aliphatic rings. The molecule has 0 spiro atoms. The summed E-state index contributed by atoms with van der Waals surface area (Å²) in [5, 5.41) is 10.0. The summed E-state index contributed by atoms with van der Waals surface area (Å²) >= 11 is 0. The lowest BCUT2D eigenvalue weighted by molar-refractivity contribution is 0.0523. The maximum absolute atomic E-state index is 13.7. The first kappa shape index (κ1) is 26.3. The first-order valence-corrected chi connectivity index (χ1v) is 13.2. The van der Waals surface area contributed by atoms with Crippen LogP contribution < -0.4 is 16.1 Å². The molecule has 1 aromatic carbocycles. The number of esters is 2. The quantitative estimate of drug-likeness (QED) is 0.456. The molecule has 3 aromatic rings. The Morgan fingerprint density at radius 3 is 2.38 bits per heavy atom. The van der Waals surface area contributed by atoms with Gasteiger partial charge in [-0.2, -0.15) is 5.26 Å². The van der Waals surface area contributed by atoms with Gasteiger partial charge in [0, 0.05) is 50.0 Å². The zero-order valence-electron chi connectivity index (χ0n) is 22.4. The fourth-order valence-corrected chi connectivity index (χ4v) is 5.24. The van der Waals surface area contributed by atoms with E-state index in [1.165, 1.54) is 17.9 Å². The number of pyridine rings is 1. The van der Waals surface area contributed by atoms with Gasteiger partial charge in [-0.1, -0.05) is 6.92 Å². The van der Waals surface area contributed by atoms with Gasteiger partial charge in [0.15, 0.2) is 5.69 Å². The summed E-state index contributed by atoms with van der Waals surface area (Å²) in [7, 11) is 1.25. The van der Waals surface area contributed by atoms with Crippen LogP contribution >= 0.6 is 0 Å². The van der Waals surface area contributed by atoms with Gasteiger partial charge in [0.1, 0.15) is 11.6 Å². The summed E-state index contributed by atoms with van der Waals surface area (Å²) in [6.07, 6.45) is 4.99. The van der Waals surface area contributed by atoms with Crippen molar-refractivity contribution in [3.63, 3.8) is 0 Å². The van der Waals surface area contributed by atoms with Crippen LogP contribution in [0.4, 0.5) is 11.4 Å². The lowest BCUT2D eigenvalue weighted by atomic mass is 10.1. The Hall–Kier alpha value is -4.30. The van der Waals surface area contributed by atoms with Crippen molar-refractivity contribution in [3.05, 3.63) is 51.6 Å². The van der Waals surface area contributed by atoms with Crippen LogP contribution in [0.3, 0.4) is 0 Å². The van der Waals surface area contributed by atoms with Gasteiger partial charge in [-0.05, 0) is 38.4 Å². The molecule has 11 heteroatoms. The van der Waals surface area contributed by atoms with Crippen LogP contribution in [0.25, 0.3) is 16.6 Å². The predicted octanol–water partition coefficient (Wildman–Crippen LogP) is 2.69. The van der Waals surface area contributed by atoms with E-state index in [4.69, 9.17) is 15.2 Å². The average molecular weight is 533 g/mol.